The Morgan fingerprint density at radius 1 is 1.13 bits per heavy atom. The number of halogens is 2. The van der Waals surface area contributed by atoms with E-state index < -0.39 is 5.92 Å². The van der Waals surface area contributed by atoms with Gasteiger partial charge in [0.25, 0.3) is 0 Å². The van der Waals surface area contributed by atoms with Crippen molar-refractivity contribution in [1.82, 2.24) is 15.0 Å². The largest absolute Gasteiger partial charge is 0.370 e. The average Bonchev–Trinajstić information content (AvgIpc) is 2.75. The number of nitrogens with one attached hydrogen (secondary N) is 1. The van der Waals surface area contributed by atoms with E-state index in [9.17, 15) is 8.78 Å². The maximum atomic E-state index is 14.6. The van der Waals surface area contributed by atoms with Gasteiger partial charge in [-0.15, -0.1) is 0 Å². The van der Waals surface area contributed by atoms with Crippen molar-refractivity contribution in [2.24, 2.45) is 0 Å². The standard InChI is InChI=1S/C24H34F2N4/c1-4-18(20-15-28-22(17(2)3)29-16-20)14-24(25,26)12-6-5-9-21-11-10-19-8-7-13-27-23(19)30-21/h10-11,15-18H,4-9,12-14H2,1-3H3,(H,27,30)/t18-/m0/s1. The molecule has 0 aliphatic carbocycles. The molecular formula is C24H34F2N4. The van der Waals surface area contributed by atoms with Gasteiger partial charge in [0.15, 0.2) is 0 Å². The average molecular weight is 417 g/mol. The highest BCUT2D eigenvalue weighted by atomic mass is 19.3. The summed E-state index contributed by atoms with van der Waals surface area (Å²) in [6.45, 7) is 6.96. The second kappa shape index (κ2) is 10.3. The number of anilines is 1. The van der Waals surface area contributed by atoms with Crippen LogP contribution >= 0.6 is 0 Å². The SMILES string of the molecule is CC[C@@H](CC(F)(F)CCCCc1ccc2c(n1)NCCC2)c1cnc(C(C)C)nc1. The van der Waals surface area contributed by atoms with Gasteiger partial charge >= 0.3 is 0 Å². The summed E-state index contributed by atoms with van der Waals surface area (Å²) in [5.41, 5.74) is 3.06. The number of fused-ring (bicyclic) bond motifs is 1. The number of aryl methyl sites for hydroxylation is 2. The molecule has 0 unspecified atom stereocenters. The molecule has 3 heterocycles. The molecule has 0 bridgehead atoms. The number of aromatic nitrogens is 3. The molecule has 164 valence electrons. The predicted molar refractivity (Wildman–Crippen MR) is 117 cm³/mol. The van der Waals surface area contributed by atoms with Crippen LogP contribution in [0, 0.1) is 0 Å². The van der Waals surface area contributed by atoms with Gasteiger partial charge in [-0.05, 0) is 61.6 Å². The minimum Gasteiger partial charge on any atom is -0.370 e. The van der Waals surface area contributed by atoms with Crippen LogP contribution in [0.2, 0.25) is 0 Å². The Morgan fingerprint density at radius 3 is 2.60 bits per heavy atom. The van der Waals surface area contributed by atoms with Crippen molar-refractivity contribution in [2.45, 2.75) is 89.9 Å². The molecule has 3 rings (SSSR count). The van der Waals surface area contributed by atoms with Crippen LogP contribution in [-0.4, -0.2) is 27.4 Å². The van der Waals surface area contributed by atoms with Crippen molar-refractivity contribution in [3.05, 3.63) is 47.2 Å². The quantitative estimate of drug-likeness (QED) is 0.463. The van der Waals surface area contributed by atoms with Crippen molar-refractivity contribution >= 4 is 5.82 Å². The molecule has 1 aliphatic rings. The monoisotopic (exact) mass is 416 g/mol. The van der Waals surface area contributed by atoms with E-state index in [4.69, 9.17) is 0 Å². The lowest BCUT2D eigenvalue weighted by Crippen LogP contribution is -2.20. The third kappa shape index (κ3) is 6.19. The summed E-state index contributed by atoms with van der Waals surface area (Å²) in [6, 6.07) is 4.16. The highest BCUT2D eigenvalue weighted by Gasteiger charge is 2.32. The maximum Gasteiger partial charge on any atom is 0.248 e. The first-order chi connectivity index (χ1) is 14.4. The number of hydrogen-bond acceptors (Lipinski definition) is 4. The fraction of sp³-hybridized carbons (Fsp3) is 0.625. The van der Waals surface area contributed by atoms with E-state index in [-0.39, 0.29) is 24.7 Å². The summed E-state index contributed by atoms with van der Waals surface area (Å²) in [5, 5.41) is 3.33. The minimum absolute atomic E-state index is 0.0857. The number of nitrogens with zero attached hydrogens (tertiary/aromatic N) is 3. The lowest BCUT2D eigenvalue weighted by molar-refractivity contribution is -0.0251. The van der Waals surface area contributed by atoms with E-state index >= 15 is 0 Å². The summed E-state index contributed by atoms with van der Waals surface area (Å²) < 4.78 is 29.3. The van der Waals surface area contributed by atoms with Gasteiger partial charge in [0.05, 0.1) is 0 Å². The van der Waals surface area contributed by atoms with Gasteiger partial charge in [-0.25, -0.2) is 23.7 Å². The van der Waals surface area contributed by atoms with Gasteiger partial charge < -0.3 is 5.32 Å². The van der Waals surface area contributed by atoms with E-state index in [2.05, 4.69) is 26.3 Å². The Labute approximate surface area is 178 Å². The van der Waals surface area contributed by atoms with E-state index in [1.807, 2.05) is 26.8 Å². The van der Waals surface area contributed by atoms with Gasteiger partial charge in [0.2, 0.25) is 5.92 Å². The van der Waals surface area contributed by atoms with Crippen molar-refractivity contribution in [1.29, 1.82) is 0 Å². The molecule has 0 saturated carbocycles. The Hall–Kier alpha value is -2.11. The van der Waals surface area contributed by atoms with Crippen LogP contribution in [0.3, 0.4) is 0 Å². The smallest absolute Gasteiger partial charge is 0.248 e. The molecule has 1 atom stereocenters. The van der Waals surface area contributed by atoms with Crippen molar-refractivity contribution in [2.75, 3.05) is 11.9 Å². The van der Waals surface area contributed by atoms with Crippen LogP contribution in [0.5, 0.6) is 0 Å². The van der Waals surface area contributed by atoms with E-state index in [0.29, 0.717) is 12.8 Å². The molecule has 4 nitrogen and oxygen atoms in total. The zero-order chi connectivity index (χ0) is 21.6. The Bertz CT molecular complexity index is 805. The third-order valence-electron chi connectivity index (χ3n) is 5.89. The molecule has 2 aromatic rings. The van der Waals surface area contributed by atoms with E-state index in [1.54, 1.807) is 12.4 Å². The third-order valence-corrected chi connectivity index (χ3v) is 5.89. The summed E-state index contributed by atoms with van der Waals surface area (Å²) in [7, 11) is 0. The Morgan fingerprint density at radius 2 is 1.90 bits per heavy atom. The molecule has 2 aromatic heterocycles. The van der Waals surface area contributed by atoms with Crippen molar-refractivity contribution in [3.63, 3.8) is 0 Å². The van der Waals surface area contributed by atoms with Crippen LogP contribution < -0.4 is 5.32 Å². The number of hydrogen-bond donors (Lipinski definition) is 1. The molecule has 0 spiro atoms. The van der Waals surface area contributed by atoms with Crippen molar-refractivity contribution in [3.8, 4) is 0 Å². The topological polar surface area (TPSA) is 50.7 Å². The summed E-state index contributed by atoms with van der Waals surface area (Å²) in [6.07, 6.45) is 8.04. The van der Waals surface area contributed by atoms with Crippen LogP contribution in [0.25, 0.3) is 0 Å². The van der Waals surface area contributed by atoms with Crippen LogP contribution in [-0.2, 0) is 12.8 Å². The van der Waals surface area contributed by atoms with E-state index in [0.717, 1.165) is 55.1 Å². The first kappa shape index (κ1) is 22.6. The molecule has 1 N–H and O–H groups in total. The normalized spacial score (nSPS) is 15.0. The Balaban J connectivity index is 1.48. The zero-order valence-electron chi connectivity index (χ0n) is 18.4. The lowest BCUT2D eigenvalue weighted by atomic mass is 9.90. The van der Waals surface area contributed by atoms with Gasteiger partial charge in [0.1, 0.15) is 11.6 Å². The summed E-state index contributed by atoms with van der Waals surface area (Å²) in [4.78, 5) is 13.4. The van der Waals surface area contributed by atoms with Crippen LogP contribution in [0.15, 0.2) is 24.5 Å². The summed E-state index contributed by atoms with van der Waals surface area (Å²) >= 11 is 0. The molecular weight excluding hydrogens is 382 g/mol. The zero-order valence-corrected chi connectivity index (χ0v) is 18.4. The molecule has 0 saturated heterocycles. The first-order valence-corrected chi connectivity index (χ1v) is 11.3. The van der Waals surface area contributed by atoms with Crippen molar-refractivity contribution < 1.29 is 8.78 Å². The van der Waals surface area contributed by atoms with Gasteiger partial charge in [-0.2, -0.15) is 0 Å². The van der Waals surface area contributed by atoms with Gasteiger partial charge in [-0.1, -0.05) is 26.8 Å². The molecule has 0 radical (unpaired) electrons. The fourth-order valence-electron chi connectivity index (χ4n) is 4.02. The molecule has 6 heteroatoms. The fourth-order valence-corrected chi connectivity index (χ4v) is 4.02. The minimum atomic E-state index is -2.68. The molecule has 0 amide bonds. The second-order valence-corrected chi connectivity index (χ2v) is 8.74. The van der Waals surface area contributed by atoms with Gasteiger partial charge in [-0.3, -0.25) is 0 Å². The second-order valence-electron chi connectivity index (χ2n) is 8.74. The first-order valence-electron chi connectivity index (χ1n) is 11.3. The van der Waals surface area contributed by atoms with Gasteiger partial charge in [0, 0.05) is 43.4 Å². The number of pyridine rings is 1. The number of unbranched alkanes of at least 4 members (excludes halogenated alkanes) is 1. The predicted octanol–water partition coefficient (Wildman–Crippen LogP) is 6.29. The molecule has 1 aliphatic heterocycles. The highest BCUT2D eigenvalue weighted by molar-refractivity contribution is 5.46. The Kier molecular flexibility index (Phi) is 7.73. The highest BCUT2D eigenvalue weighted by Crippen LogP contribution is 2.35. The maximum absolute atomic E-state index is 14.6. The van der Waals surface area contributed by atoms with E-state index in [1.165, 1.54) is 5.56 Å². The van der Waals surface area contributed by atoms with Crippen LogP contribution in [0.4, 0.5) is 14.6 Å². The molecule has 0 fully saturated rings. The number of alkyl halides is 2. The number of rotatable bonds is 10. The summed E-state index contributed by atoms with van der Waals surface area (Å²) in [5.74, 6) is -0.926. The molecule has 0 aromatic carbocycles. The lowest BCUT2D eigenvalue weighted by Gasteiger charge is -2.23. The van der Waals surface area contributed by atoms with Crippen LogP contribution in [0.1, 0.15) is 93.8 Å². The molecule has 30 heavy (non-hydrogen) atoms.